The first-order chi connectivity index (χ1) is 16.6. The van der Waals surface area contributed by atoms with E-state index in [0.717, 1.165) is 24.3 Å². The number of rotatable bonds is 4. The molecule has 2 amide bonds. The third kappa shape index (κ3) is 5.36. The Morgan fingerprint density at radius 3 is 2.20 bits per heavy atom. The van der Waals surface area contributed by atoms with Crippen LogP contribution in [-0.4, -0.2) is 53.1 Å². The summed E-state index contributed by atoms with van der Waals surface area (Å²) >= 11 is 0. The molecule has 0 atom stereocenters. The Hall–Kier alpha value is -4.09. The quantitative estimate of drug-likeness (QED) is 0.559. The molecular weight excluding hydrogens is 473 g/mol. The Balaban J connectivity index is 1.37. The number of carbonyl (C=O) groups is 2. The number of hydrogen-bond donors (Lipinski definition) is 1. The molecule has 0 radical (unpaired) electrons. The number of alkyl halides is 3. The van der Waals surface area contributed by atoms with Crippen molar-refractivity contribution in [2.45, 2.75) is 6.18 Å². The number of nitrogens with zero attached hydrogens (tertiary/aromatic N) is 4. The average molecular weight is 491 g/mol. The van der Waals surface area contributed by atoms with Crippen LogP contribution in [0.1, 0.15) is 26.4 Å². The van der Waals surface area contributed by atoms with Crippen LogP contribution in [0.2, 0.25) is 0 Å². The Bertz CT molecular complexity index is 1240. The van der Waals surface area contributed by atoms with Gasteiger partial charge in [-0.3, -0.25) is 9.59 Å². The molecule has 1 aliphatic heterocycles. The van der Waals surface area contributed by atoms with Gasteiger partial charge in [-0.05, 0) is 36.4 Å². The fourth-order valence-corrected chi connectivity index (χ4v) is 3.61. The Morgan fingerprint density at radius 2 is 1.57 bits per heavy atom. The van der Waals surface area contributed by atoms with E-state index >= 15 is 0 Å². The van der Waals surface area contributed by atoms with Gasteiger partial charge in [0.15, 0.2) is 23.1 Å². The van der Waals surface area contributed by atoms with Crippen molar-refractivity contribution in [3.05, 3.63) is 83.1 Å². The van der Waals surface area contributed by atoms with Gasteiger partial charge >= 0.3 is 6.18 Å². The highest BCUT2D eigenvalue weighted by molar-refractivity contribution is 6.02. The zero-order valence-electron chi connectivity index (χ0n) is 18.0. The molecule has 3 aromatic rings. The number of nitrogens with one attached hydrogen (secondary N) is 1. The van der Waals surface area contributed by atoms with Gasteiger partial charge in [0, 0.05) is 37.9 Å². The van der Waals surface area contributed by atoms with E-state index in [1.165, 1.54) is 35.2 Å². The number of halogens is 5. The topological polar surface area (TPSA) is 78.4 Å². The lowest BCUT2D eigenvalue weighted by molar-refractivity contribution is -0.138. The molecule has 1 aliphatic rings. The van der Waals surface area contributed by atoms with Crippen LogP contribution in [0.25, 0.3) is 0 Å². The van der Waals surface area contributed by atoms with Crippen LogP contribution in [0, 0.1) is 11.6 Å². The van der Waals surface area contributed by atoms with Crippen LogP contribution < -0.4 is 10.2 Å². The summed E-state index contributed by atoms with van der Waals surface area (Å²) in [5.74, 6) is -3.11. The molecule has 182 valence electrons. The normalized spacial score (nSPS) is 14.1. The molecule has 0 unspecified atom stereocenters. The second-order valence-corrected chi connectivity index (χ2v) is 7.68. The fraction of sp³-hybridized carbons (Fsp3) is 0.217. The Kier molecular flexibility index (Phi) is 6.63. The number of hydrogen-bond acceptors (Lipinski definition) is 5. The van der Waals surface area contributed by atoms with Gasteiger partial charge in [0.1, 0.15) is 0 Å². The van der Waals surface area contributed by atoms with Crippen molar-refractivity contribution in [1.29, 1.82) is 0 Å². The van der Waals surface area contributed by atoms with E-state index in [-0.39, 0.29) is 24.5 Å². The third-order valence-corrected chi connectivity index (χ3v) is 5.41. The van der Waals surface area contributed by atoms with E-state index < -0.39 is 40.8 Å². The van der Waals surface area contributed by atoms with Gasteiger partial charge in [-0.1, -0.05) is 12.1 Å². The number of benzene rings is 2. The zero-order chi connectivity index (χ0) is 25.2. The van der Waals surface area contributed by atoms with Crippen LogP contribution in [0.4, 0.5) is 33.5 Å². The minimum atomic E-state index is -4.64. The second-order valence-electron chi connectivity index (χ2n) is 7.68. The van der Waals surface area contributed by atoms with E-state index in [1.807, 2.05) is 0 Å². The van der Waals surface area contributed by atoms with Crippen molar-refractivity contribution in [3.8, 4) is 0 Å². The first-order valence-corrected chi connectivity index (χ1v) is 10.4. The van der Waals surface area contributed by atoms with Gasteiger partial charge in [-0.15, -0.1) is 10.2 Å². The molecule has 0 saturated carbocycles. The largest absolute Gasteiger partial charge is 0.417 e. The maximum absolute atomic E-state index is 13.3. The predicted octanol–water partition coefficient (Wildman–Crippen LogP) is 3.99. The fourth-order valence-electron chi connectivity index (χ4n) is 3.61. The molecule has 2 aromatic carbocycles. The predicted molar refractivity (Wildman–Crippen MR) is 116 cm³/mol. The first kappa shape index (κ1) is 24.0. The third-order valence-electron chi connectivity index (χ3n) is 5.41. The average Bonchev–Trinajstić information content (AvgIpc) is 2.85. The smallest absolute Gasteiger partial charge is 0.352 e. The molecule has 7 nitrogen and oxygen atoms in total. The van der Waals surface area contributed by atoms with Crippen molar-refractivity contribution in [3.63, 3.8) is 0 Å². The number of anilines is 2. The number of aromatic nitrogens is 2. The molecule has 0 aliphatic carbocycles. The van der Waals surface area contributed by atoms with Gasteiger partial charge in [-0.25, -0.2) is 8.78 Å². The van der Waals surface area contributed by atoms with E-state index in [0.29, 0.717) is 18.9 Å². The summed E-state index contributed by atoms with van der Waals surface area (Å²) in [6.07, 6.45) is -4.64. The molecule has 0 spiro atoms. The molecule has 35 heavy (non-hydrogen) atoms. The van der Waals surface area contributed by atoms with Crippen molar-refractivity contribution in [2.75, 3.05) is 36.4 Å². The van der Waals surface area contributed by atoms with Gasteiger partial charge in [0.2, 0.25) is 0 Å². The van der Waals surface area contributed by atoms with Gasteiger partial charge in [-0.2, -0.15) is 13.2 Å². The minimum absolute atomic E-state index is 0.0488. The highest BCUT2D eigenvalue weighted by atomic mass is 19.4. The van der Waals surface area contributed by atoms with Crippen LogP contribution in [0.5, 0.6) is 0 Å². The number of carbonyl (C=O) groups excluding carboxylic acids is 2. The maximum atomic E-state index is 13.3. The summed E-state index contributed by atoms with van der Waals surface area (Å²) < 4.78 is 66.1. The summed E-state index contributed by atoms with van der Waals surface area (Å²) in [6.45, 7) is 0.945. The summed E-state index contributed by atoms with van der Waals surface area (Å²) in [5.41, 5.74) is -1.39. The molecule has 12 heteroatoms. The zero-order valence-corrected chi connectivity index (χ0v) is 18.0. The Morgan fingerprint density at radius 1 is 0.857 bits per heavy atom. The van der Waals surface area contributed by atoms with Crippen molar-refractivity contribution in [1.82, 2.24) is 15.1 Å². The van der Waals surface area contributed by atoms with E-state index in [2.05, 4.69) is 15.5 Å². The molecule has 1 fully saturated rings. The molecule has 1 N–H and O–H groups in total. The SMILES string of the molecule is O=C(Nc1ccc(F)c(F)c1)c1ccc(N2CCN(C(=O)c3ccccc3C(F)(F)F)CC2)nn1. The lowest BCUT2D eigenvalue weighted by Crippen LogP contribution is -2.49. The monoisotopic (exact) mass is 491 g/mol. The molecule has 1 aromatic heterocycles. The maximum Gasteiger partial charge on any atom is 0.417 e. The minimum Gasteiger partial charge on any atom is -0.352 e. The lowest BCUT2D eigenvalue weighted by Gasteiger charge is -2.35. The number of amides is 2. The van der Waals surface area contributed by atoms with Crippen LogP contribution >= 0.6 is 0 Å². The van der Waals surface area contributed by atoms with E-state index in [4.69, 9.17) is 0 Å². The standard InChI is InChI=1S/C23H18F5N5O2/c24-17-6-5-14(13-18(17)25)29-21(34)19-7-8-20(31-30-19)32-9-11-33(12-10-32)22(35)15-3-1-2-4-16(15)23(26,27)28/h1-8,13H,9-12H2,(H,29,34). The van der Waals surface area contributed by atoms with Crippen LogP contribution in [0.3, 0.4) is 0 Å². The van der Waals surface area contributed by atoms with Crippen LogP contribution in [-0.2, 0) is 6.18 Å². The summed E-state index contributed by atoms with van der Waals surface area (Å²) in [6, 6.07) is 10.5. The lowest BCUT2D eigenvalue weighted by atomic mass is 10.1. The Labute approximate surface area is 196 Å². The molecule has 1 saturated heterocycles. The summed E-state index contributed by atoms with van der Waals surface area (Å²) in [7, 11) is 0. The van der Waals surface area contributed by atoms with E-state index in [9.17, 15) is 31.5 Å². The van der Waals surface area contributed by atoms with E-state index in [1.54, 1.807) is 4.90 Å². The van der Waals surface area contributed by atoms with Gasteiger partial charge in [0.25, 0.3) is 11.8 Å². The summed E-state index contributed by atoms with van der Waals surface area (Å²) in [4.78, 5) is 28.1. The molecular formula is C23H18F5N5O2. The van der Waals surface area contributed by atoms with Crippen molar-refractivity contribution >= 4 is 23.3 Å². The van der Waals surface area contributed by atoms with Gasteiger partial charge in [0.05, 0.1) is 11.1 Å². The first-order valence-electron chi connectivity index (χ1n) is 10.4. The van der Waals surface area contributed by atoms with Crippen molar-refractivity contribution in [2.24, 2.45) is 0 Å². The molecule has 0 bridgehead atoms. The number of piperazine rings is 1. The van der Waals surface area contributed by atoms with Crippen molar-refractivity contribution < 1.29 is 31.5 Å². The van der Waals surface area contributed by atoms with Crippen LogP contribution in [0.15, 0.2) is 54.6 Å². The molecule has 4 rings (SSSR count). The highest BCUT2D eigenvalue weighted by Crippen LogP contribution is 2.32. The summed E-state index contributed by atoms with van der Waals surface area (Å²) in [5, 5.41) is 10.2. The second kappa shape index (κ2) is 9.65. The molecule has 2 heterocycles. The highest BCUT2D eigenvalue weighted by Gasteiger charge is 2.36. The van der Waals surface area contributed by atoms with Gasteiger partial charge < -0.3 is 15.1 Å².